The molecule has 64 valence electrons. The molecule has 0 aromatic rings. The fourth-order valence-corrected chi connectivity index (χ4v) is 0.341. The summed E-state index contributed by atoms with van der Waals surface area (Å²) in [4.78, 5) is 0. The van der Waals surface area contributed by atoms with E-state index in [1.807, 2.05) is 38.1 Å². The van der Waals surface area contributed by atoms with Gasteiger partial charge < -0.3 is 0 Å². The summed E-state index contributed by atoms with van der Waals surface area (Å²) in [5, 5.41) is 15.7. The van der Waals surface area contributed by atoms with Crippen LogP contribution in [0.3, 0.4) is 0 Å². The average molecular weight is 162 g/mol. The van der Waals surface area contributed by atoms with Crippen LogP contribution in [0, 0.1) is 22.7 Å². The summed E-state index contributed by atoms with van der Waals surface area (Å²) >= 11 is 0. The largest absolute Gasteiger partial charge is 0.193 e. The van der Waals surface area contributed by atoms with Crippen LogP contribution in [0.1, 0.15) is 26.7 Å². The van der Waals surface area contributed by atoms with Crippen LogP contribution in [0.15, 0.2) is 24.3 Å². The number of hydrogen-bond donors (Lipinski definition) is 0. The highest BCUT2D eigenvalue weighted by molar-refractivity contribution is 5.01. The number of nitrogens with zero attached hydrogens (tertiary/aromatic N) is 2. The predicted molar refractivity (Wildman–Crippen MR) is 50.1 cm³/mol. The van der Waals surface area contributed by atoms with Crippen LogP contribution < -0.4 is 0 Å². The Hall–Kier alpha value is -1.54. The van der Waals surface area contributed by atoms with Crippen molar-refractivity contribution in [1.82, 2.24) is 0 Å². The summed E-state index contributed by atoms with van der Waals surface area (Å²) in [5.74, 6) is 0. The Bertz CT molecular complexity index is 177. The second-order valence-electron chi connectivity index (χ2n) is 1.88. The van der Waals surface area contributed by atoms with Gasteiger partial charge in [-0.1, -0.05) is 26.0 Å². The first-order chi connectivity index (χ1) is 5.83. The van der Waals surface area contributed by atoms with E-state index in [-0.39, 0.29) is 0 Å². The quantitative estimate of drug-likeness (QED) is 0.586. The Morgan fingerprint density at radius 3 is 1.33 bits per heavy atom. The first-order valence-corrected chi connectivity index (χ1v) is 3.92. The van der Waals surface area contributed by atoms with E-state index in [1.54, 1.807) is 0 Å². The molecule has 0 aromatic carbocycles. The van der Waals surface area contributed by atoms with Gasteiger partial charge in [0.1, 0.15) is 0 Å². The number of nitriles is 2. The van der Waals surface area contributed by atoms with Gasteiger partial charge >= 0.3 is 0 Å². The maximum Gasteiger partial charge on any atom is 0.0908 e. The van der Waals surface area contributed by atoms with E-state index in [1.165, 1.54) is 12.2 Å². The Morgan fingerprint density at radius 2 is 1.25 bits per heavy atom. The molecule has 2 heteroatoms. The highest BCUT2D eigenvalue weighted by atomic mass is 14.2. The normalized spacial score (nSPS) is 8.67. The molecule has 0 aromatic heterocycles. The van der Waals surface area contributed by atoms with Crippen LogP contribution >= 0.6 is 0 Å². The molecule has 0 saturated carbocycles. The summed E-state index contributed by atoms with van der Waals surface area (Å²) in [7, 11) is 0. The summed E-state index contributed by atoms with van der Waals surface area (Å²) in [5.41, 5.74) is 0. The molecule has 2 nitrogen and oxygen atoms in total. The standard InChI is InChI=1S/2C5H7N/c2*1-2-3-4-5-6/h2*3-4H,2H2,1H3. The van der Waals surface area contributed by atoms with Gasteiger partial charge in [0.15, 0.2) is 0 Å². The molecule has 12 heavy (non-hydrogen) atoms. The van der Waals surface area contributed by atoms with Crippen molar-refractivity contribution in [1.29, 1.82) is 10.5 Å². The average Bonchev–Trinajstić information content (AvgIpc) is 2.12. The Kier molecular flexibility index (Phi) is 17.7. The lowest BCUT2D eigenvalue weighted by molar-refractivity contribution is 1.22. The van der Waals surface area contributed by atoms with Crippen molar-refractivity contribution in [2.45, 2.75) is 26.7 Å². The van der Waals surface area contributed by atoms with Crippen molar-refractivity contribution in [2.24, 2.45) is 0 Å². The lowest BCUT2D eigenvalue weighted by atomic mass is 10.4. The van der Waals surface area contributed by atoms with E-state index < -0.39 is 0 Å². The van der Waals surface area contributed by atoms with Crippen molar-refractivity contribution in [3.05, 3.63) is 24.3 Å². The topological polar surface area (TPSA) is 47.6 Å². The third-order valence-corrected chi connectivity index (χ3v) is 0.856. The van der Waals surface area contributed by atoms with Gasteiger partial charge in [-0.3, -0.25) is 0 Å². The smallest absolute Gasteiger partial charge is 0.0908 e. The Morgan fingerprint density at radius 1 is 0.917 bits per heavy atom. The predicted octanol–water partition coefficient (Wildman–Crippen LogP) is 2.95. The molecule has 0 N–H and O–H groups in total. The molecule has 0 saturated heterocycles. The van der Waals surface area contributed by atoms with Crippen LogP contribution in [0.25, 0.3) is 0 Å². The Labute approximate surface area is 74.4 Å². The SMILES string of the molecule is CCC=CC#N.CCC=CC#N. The van der Waals surface area contributed by atoms with Gasteiger partial charge in [-0.05, 0) is 12.8 Å². The van der Waals surface area contributed by atoms with Crippen LogP contribution in [-0.2, 0) is 0 Å². The molecular formula is C10H14N2. The van der Waals surface area contributed by atoms with Gasteiger partial charge in [0, 0.05) is 12.2 Å². The molecule has 0 aliphatic rings. The minimum Gasteiger partial charge on any atom is -0.193 e. The maximum absolute atomic E-state index is 7.86. The highest BCUT2D eigenvalue weighted by Crippen LogP contribution is 1.74. The fourth-order valence-electron chi connectivity index (χ4n) is 0.341. The van der Waals surface area contributed by atoms with Crippen LogP contribution in [-0.4, -0.2) is 0 Å². The van der Waals surface area contributed by atoms with E-state index in [2.05, 4.69) is 0 Å². The van der Waals surface area contributed by atoms with E-state index >= 15 is 0 Å². The zero-order valence-corrected chi connectivity index (χ0v) is 7.62. The number of hydrogen-bond acceptors (Lipinski definition) is 2. The van der Waals surface area contributed by atoms with E-state index in [0.717, 1.165) is 12.8 Å². The maximum atomic E-state index is 7.86. The lowest BCUT2D eigenvalue weighted by Crippen LogP contribution is -1.47. The molecule has 0 radical (unpaired) electrons. The monoisotopic (exact) mass is 162 g/mol. The summed E-state index contributed by atoms with van der Waals surface area (Å²) in [6.45, 7) is 3.99. The van der Waals surface area contributed by atoms with Crippen LogP contribution in [0.2, 0.25) is 0 Å². The van der Waals surface area contributed by atoms with Crippen LogP contribution in [0.5, 0.6) is 0 Å². The van der Waals surface area contributed by atoms with Gasteiger partial charge in [-0.15, -0.1) is 0 Å². The minimum atomic E-state index is 0.952. The minimum absolute atomic E-state index is 0.952. The third kappa shape index (κ3) is 23.7. The van der Waals surface area contributed by atoms with Gasteiger partial charge in [-0.25, -0.2) is 0 Å². The van der Waals surface area contributed by atoms with Crippen molar-refractivity contribution in [3.63, 3.8) is 0 Å². The summed E-state index contributed by atoms with van der Waals surface area (Å²) < 4.78 is 0. The van der Waals surface area contributed by atoms with Crippen molar-refractivity contribution in [2.75, 3.05) is 0 Å². The lowest BCUT2D eigenvalue weighted by Gasteiger charge is -1.63. The van der Waals surface area contributed by atoms with E-state index in [9.17, 15) is 0 Å². The van der Waals surface area contributed by atoms with Crippen molar-refractivity contribution < 1.29 is 0 Å². The molecule has 0 rings (SSSR count). The molecule has 0 aliphatic carbocycles. The second kappa shape index (κ2) is 16.2. The molecule has 0 amide bonds. The molecule has 0 unspecified atom stereocenters. The van der Waals surface area contributed by atoms with Crippen LogP contribution in [0.4, 0.5) is 0 Å². The molecule has 0 heterocycles. The number of rotatable bonds is 2. The first-order valence-electron chi connectivity index (χ1n) is 3.92. The molecular weight excluding hydrogens is 148 g/mol. The molecule has 0 spiro atoms. The van der Waals surface area contributed by atoms with Crippen molar-refractivity contribution >= 4 is 0 Å². The van der Waals surface area contributed by atoms with Gasteiger partial charge in [0.2, 0.25) is 0 Å². The van der Waals surface area contributed by atoms with Crippen molar-refractivity contribution in [3.8, 4) is 12.1 Å². The van der Waals surface area contributed by atoms with E-state index in [4.69, 9.17) is 10.5 Å². The summed E-state index contributed by atoms with van der Waals surface area (Å²) in [6, 6.07) is 3.78. The Balaban J connectivity index is 0. The van der Waals surface area contributed by atoms with E-state index in [0.29, 0.717) is 0 Å². The summed E-state index contributed by atoms with van der Waals surface area (Å²) in [6.07, 6.45) is 8.52. The molecule has 0 aliphatic heterocycles. The molecule has 0 fully saturated rings. The van der Waals surface area contributed by atoms with Gasteiger partial charge in [-0.2, -0.15) is 10.5 Å². The highest BCUT2D eigenvalue weighted by Gasteiger charge is 1.58. The van der Waals surface area contributed by atoms with Gasteiger partial charge in [0.25, 0.3) is 0 Å². The molecule has 0 atom stereocenters. The first kappa shape index (κ1) is 13.1. The molecule has 0 bridgehead atoms. The zero-order chi connectivity index (χ0) is 9.66. The third-order valence-electron chi connectivity index (χ3n) is 0.856. The number of allylic oxidation sites excluding steroid dienone is 4. The van der Waals surface area contributed by atoms with Gasteiger partial charge in [0.05, 0.1) is 12.1 Å². The second-order valence-corrected chi connectivity index (χ2v) is 1.88. The fraction of sp³-hybridized carbons (Fsp3) is 0.400. The zero-order valence-electron chi connectivity index (χ0n) is 7.62.